The van der Waals surface area contributed by atoms with Crippen LogP contribution in [-0.2, 0) is 9.47 Å². The van der Waals surface area contributed by atoms with Gasteiger partial charge in [-0.1, -0.05) is 11.8 Å². The largest absolute Gasteiger partial charge is 0.465 e. The number of nitrogens with one attached hydrogen (secondary N) is 1. The smallest absolute Gasteiger partial charge is 0.410 e. The summed E-state index contributed by atoms with van der Waals surface area (Å²) in [6.07, 6.45) is 0.464. The summed E-state index contributed by atoms with van der Waals surface area (Å²) in [5.41, 5.74) is 0.0582. The SMILES string of the molecule is COC(=O)c1sc(C#CC(C)(C)C)cc1N[C@H]1CCN(C(=O)OC(C)(C)C)C1. The van der Waals surface area contributed by atoms with Gasteiger partial charge in [0.2, 0.25) is 0 Å². The van der Waals surface area contributed by atoms with Crippen LogP contribution in [0.2, 0.25) is 0 Å². The van der Waals surface area contributed by atoms with Crippen molar-refractivity contribution in [3.63, 3.8) is 0 Å². The standard InChI is InChI=1S/C21H30N2O4S/c1-20(2,3)10-8-15-12-16(17(28-15)18(24)26-7)22-14-9-11-23(13-14)19(25)27-21(4,5)6/h12,14,22H,9,11,13H2,1-7H3/t14-/m0/s1. The molecule has 0 spiro atoms. The maximum atomic E-state index is 12.2. The summed E-state index contributed by atoms with van der Waals surface area (Å²) in [7, 11) is 1.37. The highest BCUT2D eigenvalue weighted by Crippen LogP contribution is 2.30. The number of rotatable bonds is 3. The number of carbonyl (C=O) groups is 2. The van der Waals surface area contributed by atoms with E-state index in [0.717, 1.165) is 11.3 Å². The number of nitrogens with zero attached hydrogens (tertiary/aromatic N) is 1. The molecule has 2 rings (SSSR count). The number of ether oxygens (including phenoxy) is 2. The van der Waals surface area contributed by atoms with Gasteiger partial charge in [-0.25, -0.2) is 9.59 Å². The lowest BCUT2D eigenvalue weighted by molar-refractivity contribution is 0.0293. The second-order valence-electron chi connectivity index (χ2n) is 8.90. The third-order valence-corrected chi connectivity index (χ3v) is 4.89. The van der Waals surface area contributed by atoms with Gasteiger partial charge in [0, 0.05) is 24.5 Å². The fraction of sp³-hybridized carbons (Fsp3) is 0.619. The number of hydrogen-bond donors (Lipinski definition) is 1. The zero-order valence-corrected chi connectivity index (χ0v) is 18.6. The van der Waals surface area contributed by atoms with E-state index < -0.39 is 11.6 Å². The fourth-order valence-electron chi connectivity index (χ4n) is 2.64. The van der Waals surface area contributed by atoms with Crippen molar-refractivity contribution >= 4 is 29.1 Å². The second-order valence-corrected chi connectivity index (χ2v) is 9.95. The third kappa shape index (κ3) is 6.45. The molecule has 1 amide bonds. The van der Waals surface area contributed by atoms with E-state index in [-0.39, 0.29) is 17.6 Å². The number of amides is 1. The molecule has 2 heterocycles. The quantitative estimate of drug-likeness (QED) is 0.597. The first-order chi connectivity index (χ1) is 12.9. The van der Waals surface area contributed by atoms with Crippen LogP contribution in [0.25, 0.3) is 0 Å². The minimum Gasteiger partial charge on any atom is -0.465 e. The van der Waals surface area contributed by atoms with Gasteiger partial charge in [-0.3, -0.25) is 0 Å². The summed E-state index contributed by atoms with van der Waals surface area (Å²) < 4.78 is 10.3. The highest BCUT2D eigenvalue weighted by atomic mass is 32.1. The van der Waals surface area contributed by atoms with Crippen molar-refractivity contribution in [3.05, 3.63) is 15.8 Å². The van der Waals surface area contributed by atoms with Crippen molar-refractivity contribution in [2.45, 2.75) is 59.6 Å². The Hall–Kier alpha value is -2.20. The van der Waals surface area contributed by atoms with Crippen LogP contribution < -0.4 is 5.32 Å². The number of anilines is 1. The Labute approximate surface area is 171 Å². The number of thiophene rings is 1. The highest BCUT2D eigenvalue weighted by molar-refractivity contribution is 7.15. The second kappa shape index (κ2) is 8.44. The molecule has 0 radical (unpaired) electrons. The lowest BCUT2D eigenvalue weighted by atomic mass is 9.98. The Morgan fingerprint density at radius 2 is 1.93 bits per heavy atom. The molecule has 1 atom stereocenters. The molecule has 1 aromatic rings. The predicted molar refractivity (Wildman–Crippen MR) is 112 cm³/mol. The zero-order chi connectivity index (χ0) is 21.1. The molecule has 1 N–H and O–H groups in total. The Morgan fingerprint density at radius 3 is 2.50 bits per heavy atom. The van der Waals surface area contributed by atoms with Gasteiger partial charge in [0.1, 0.15) is 10.5 Å². The molecular formula is C21H30N2O4S. The van der Waals surface area contributed by atoms with Crippen molar-refractivity contribution < 1.29 is 19.1 Å². The maximum Gasteiger partial charge on any atom is 0.410 e. The molecule has 1 aliphatic rings. The van der Waals surface area contributed by atoms with Crippen LogP contribution in [0.15, 0.2) is 6.07 Å². The normalized spacial score (nSPS) is 17.0. The van der Waals surface area contributed by atoms with Crippen molar-refractivity contribution in [1.29, 1.82) is 0 Å². The number of carbonyl (C=O) groups excluding carboxylic acids is 2. The average molecular weight is 407 g/mol. The molecule has 0 aromatic carbocycles. The van der Waals surface area contributed by atoms with Crippen LogP contribution in [0.4, 0.5) is 10.5 Å². The van der Waals surface area contributed by atoms with E-state index in [0.29, 0.717) is 23.7 Å². The predicted octanol–water partition coefficient (Wildman–Crippen LogP) is 4.35. The van der Waals surface area contributed by atoms with Crippen molar-refractivity contribution in [1.82, 2.24) is 4.90 Å². The van der Waals surface area contributed by atoms with Crippen molar-refractivity contribution in [2.75, 3.05) is 25.5 Å². The molecular weight excluding hydrogens is 376 g/mol. The monoisotopic (exact) mass is 406 g/mol. The van der Waals surface area contributed by atoms with E-state index in [4.69, 9.17) is 9.47 Å². The molecule has 1 aliphatic heterocycles. The summed E-state index contributed by atoms with van der Waals surface area (Å²) in [5, 5.41) is 3.38. The summed E-state index contributed by atoms with van der Waals surface area (Å²) >= 11 is 1.32. The third-order valence-electron chi connectivity index (χ3n) is 3.86. The number of esters is 1. The molecule has 1 aromatic heterocycles. The molecule has 0 aliphatic carbocycles. The topological polar surface area (TPSA) is 67.9 Å². The summed E-state index contributed by atoms with van der Waals surface area (Å²) in [6.45, 7) is 12.8. The Morgan fingerprint density at radius 1 is 1.25 bits per heavy atom. The van der Waals surface area contributed by atoms with E-state index in [1.165, 1.54) is 18.4 Å². The lowest BCUT2D eigenvalue weighted by Crippen LogP contribution is -2.36. The molecule has 0 bridgehead atoms. The van der Waals surface area contributed by atoms with Crippen LogP contribution >= 0.6 is 11.3 Å². The summed E-state index contributed by atoms with van der Waals surface area (Å²) in [6, 6.07) is 1.92. The Balaban J connectivity index is 2.12. The maximum absolute atomic E-state index is 12.2. The van der Waals surface area contributed by atoms with Crippen molar-refractivity contribution in [2.24, 2.45) is 5.41 Å². The minimum absolute atomic E-state index is 0.0361. The van der Waals surface area contributed by atoms with Gasteiger partial charge in [0.15, 0.2) is 0 Å². The van der Waals surface area contributed by atoms with Gasteiger partial charge in [0.25, 0.3) is 0 Å². The van der Waals surface area contributed by atoms with Crippen molar-refractivity contribution in [3.8, 4) is 11.8 Å². The molecule has 7 heteroatoms. The highest BCUT2D eigenvalue weighted by Gasteiger charge is 2.30. The summed E-state index contributed by atoms with van der Waals surface area (Å²) in [5.74, 6) is 5.93. The molecule has 1 saturated heterocycles. The van der Waals surface area contributed by atoms with Gasteiger partial charge < -0.3 is 19.7 Å². The van der Waals surface area contributed by atoms with E-state index in [1.807, 2.05) is 47.6 Å². The summed E-state index contributed by atoms with van der Waals surface area (Å²) in [4.78, 5) is 27.4. The minimum atomic E-state index is -0.519. The van der Waals surface area contributed by atoms with Crippen LogP contribution in [0.3, 0.4) is 0 Å². The van der Waals surface area contributed by atoms with Gasteiger partial charge in [0.05, 0.1) is 17.7 Å². The Bertz CT molecular complexity index is 790. The first kappa shape index (κ1) is 22.1. The number of hydrogen-bond acceptors (Lipinski definition) is 6. The van der Waals surface area contributed by atoms with E-state index in [9.17, 15) is 9.59 Å². The fourth-order valence-corrected chi connectivity index (χ4v) is 3.54. The van der Waals surface area contributed by atoms with E-state index >= 15 is 0 Å². The van der Waals surface area contributed by atoms with Crippen LogP contribution in [-0.4, -0.2) is 48.8 Å². The van der Waals surface area contributed by atoms with E-state index in [2.05, 4.69) is 17.2 Å². The van der Waals surface area contributed by atoms with Crippen LogP contribution in [0.1, 0.15) is 62.5 Å². The number of likely N-dealkylation sites (tertiary alicyclic amines) is 1. The zero-order valence-electron chi connectivity index (χ0n) is 17.8. The van der Waals surface area contributed by atoms with Crippen LogP contribution in [0, 0.1) is 17.3 Å². The first-order valence-electron chi connectivity index (χ1n) is 9.38. The first-order valence-corrected chi connectivity index (χ1v) is 10.2. The molecule has 28 heavy (non-hydrogen) atoms. The molecule has 0 saturated carbocycles. The molecule has 1 fully saturated rings. The van der Waals surface area contributed by atoms with Gasteiger partial charge in [-0.15, -0.1) is 11.3 Å². The molecule has 0 unspecified atom stereocenters. The lowest BCUT2D eigenvalue weighted by Gasteiger charge is -2.24. The molecule has 154 valence electrons. The van der Waals surface area contributed by atoms with Gasteiger partial charge in [-0.2, -0.15) is 0 Å². The van der Waals surface area contributed by atoms with E-state index in [1.54, 1.807) is 4.90 Å². The Kier molecular flexibility index (Phi) is 6.66. The van der Waals surface area contributed by atoms with Gasteiger partial charge >= 0.3 is 12.1 Å². The number of methoxy groups -OCH3 is 1. The van der Waals surface area contributed by atoms with Crippen LogP contribution in [0.5, 0.6) is 0 Å². The van der Waals surface area contributed by atoms with Gasteiger partial charge in [-0.05, 0) is 54.0 Å². The molecule has 6 nitrogen and oxygen atoms in total. The average Bonchev–Trinajstić information content (AvgIpc) is 3.17.